The number of aliphatic carboxylic acids is 1. The van der Waals surface area contributed by atoms with E-state index >= 15 is 0 Å². The van der Waals surface area contributed by atoms with E-state index in [9.17, 15) is 20.0 Å². The van der Waals surface area contributed by atoms with Crippen LogP contribution >= 0.6 is 0 Å². The van der Waals surface area contributed by atoms with Gasteiger partial charge in [-0.25, -0.2) is 4.68 Å². The third-order valence-corrected chi connectivity index (χ3v) is 3.92. The number of aromatic nitrogens is 2. The Morgan fingerprint density at radius 3 is 2.67 bits per heavy atom. The molecule has 0 bridgehead atoms. The second-order valence-corrected chi connectivity index (χ2v) is 5.56. The average molecular weight is 296 g/mol. The molecular formula is C13H20N4O4. The zero-order valence-electron chi connectivity index (χ0n) is 12.4. The van der Waals surface area contributed by atoms with Gasteiger partial charge in [0.05, 0.1) is 10.8 Å². The number of aryl methyl sites for hydroxylation is 2. The standard InChI is InChI=1S/C13H20N4O4/c1-4-5-16-12(11(17(20)21)9(3)14-16)15-6-8(2)10(7-15)13(18)19/h8,10H,4-7H2,1-3H3,(H,18,19)/t8-,10-/m1/s1. The van der Waals surface area contributed by atoms with E-state index < -0.39 is 16.8 Å². The van der Waals surface area contributed by atoms with Gasteiger partial charge >= 0.3 is 11.7 Å². The second-order valence-electron chi connectivity index (χ2n) is 5.56. The number of hydrogen-bond acceptors (Lipinski definition) is 5. The highest BCUT2D eigenvalue weighted by molar-refractivity contribution is 5.73. The monoisotopic (exact) mass is 296 g/mol. The molecule has 0 spiro atoms. The Morgan fingerprint density at radius 2 is 2.19 bits per heavy atom. The van der Waals surface area contributed by atoms with E-state index in [1.165, 1.54) is 0 Å². The minimum atomic E-state index is -0.856. The fraction of sp³-hybridized carbons (Fsp3) is 0.692. The number of hydrogen-bond donors (Lipinski definition) is 1. The van der Waals surface area contributed by atoms with E-state index in [0.29, 0.717) is 24.6 Å². The van der Waals surface area contributed by atoms with Gasteiger partial charge in [0.25, 0.3) is 0 Å². The Balaban J connectivity index is 2.43. The maximum atomic E-state index is 11.3. The van der Waals surface area contributed by atoms with Gasteiger partial charge in [-0.3, -0.25) is 14.9 Å². The van der Waals surface area contributed by atoms with E-state index in [1.54, 1.807) is 16.5 Å². The molecule has 0 unspecified atom stereocenters. The maximum Gasteiger partial charge on any atom is 0.333 e. The zero-order chi connectivity index (χ0) is 15.7. The summed E-state index contributed by atoms with van der Waals surface area (Å²) >= 11 is 0. The molecular weight excluding hydrogens is 276 g/mol. The number of anilines is 1. The van der Waals surface area contributed by atoms with E-state index in [1.807, 2.05) is 13.8 Å². The molecule has 2 heterocycles. The molecule has 1 N–H and O–H groups in total. The van der Waals surface area contributed by atoms with Gasteiger partial charge in [0, 0.05) is 19.6 Å². The summed E-state index contributed by atoms with van der Waals surface area (Å²) in [5.74, 6) is -0.969. The first kappa shape index (κ1) is 15.3. The van der Waals surface area contributed by atoms with Crippen molar-refractivity contribution in [3.8, 4) is 0 Å². The smallest absolute Gasteiger partial charge is 0.333 e. The molecule has 1 aliphatic heterocycles. The number of carbonyl (C=O) groups is 1. The van der Waals surface area contributed by atoms with Gasteiger partial charge in [0.2, 0.25) is 5.82 Å². The molecule has 116 valence electrons. The molecule has 1 aliphatic rings. The highest BCUT2D eigenvalue weighted by atomic mass is 16.6. The van der Waals surface area contributed by atoms with Crippen LogP contribution in [0.2, 0.25) is 0 Å². The number of nitrogens with zero attached hydrogens (tertiary/aromatic N) is 4. The minimum absolute atomic E-state index is 0.0123. The molecule has 0 saturated carbocycles. The van der Waals surface area contributed by atoms with Crippen LogP contribution in [0.4, 0.5) is 11.5 Å². The topological polar surface area (TPSA) is 101 Å². The summed E-state index contributed by atoms with van der Waals surface area (Å²) in [6.45, 7) is 6.80. The fourth-order valence-electron chi connectivity index (χ4n) is 2.92. The largest absolute Gasteiger partial charge is 0.481 e. The van der Waals surface area contributed by atoms with E-state index in [4.69, 9.17) is 0 Å². The normalized spacial score (nSPS) is 21.8. The van der Waals surface area contributed by atoms with Crippen molar-refractivity contribution in [2.45, 2.75) is 33.7 Å². The van der Waals surface area contributed by atoms with Crippen LogP contribution in [0.3, 0.4) is 0 Å². The van der Waals surface area contributed by atoms with Crippen molar-refractivity contribution in [3.05, 3.63) is 15.8 Å². The van der Waals surface area contributed by atoms with Crippen molar-refractivity contribution in [3.63, 3.8) is 0 Å². The number of rotatable bonds is 5. The third kappa shape index (κ3) is 2.70. The van der Waals surface area contributed by atoms with Crippen LogP contribution in [-0.4, -0.2) is 38.9 Å². The van der Waals surface area contributed by atoms with Crippen LogP contribution in [0.1, 0.15) is 26.0 Å². The molecule has 1 fully saturated rings. The summed E-state index contributed by atoms with van der Waals surface area (Å²) in [5, 5.41) is 24.8. The van der Waals surface area contributed by atoms with Gasteiger partial charge in [-0.1, -0.05) is 13.8 Å². The second kappa shape index (κ2) is 5.71. The highest BCUT2D eigenvalue weighted by Crippen LogP contribution is 2.36. The summed E-state index contributed by atoms with van der Waals surface area (Å²) in [6, 6.07) is 0. The number of carboxylic acids is 1. The van der Waals surface area contributed by atoms with Crippen LogP contribution in [0.25, 0.3) is 0 Å². The molecule has 0 aliphatic carbocycles. The van der Waals surface area contributed by atoms with Crippen molar-refractivity contribution in [1.82, 2.24) is 9.78 Å². The third-order valence-electron chi connectivity index (χ3n) is 3.92. The first-order chi connectivity index (χ1) is 9.86. The zero-order valence-corrected chi connectivity index (χ0v) is 12.4. The molecule has 0 radical (unpaired) electrons. The molecule has 1 saturated heterocycles. The molecule has 21 heavy (non-hydrogen) atoms. The van der Waals surface area contributed by atoms with E-state index in [0.717, 1.165) is 6.42 Å². The van der Waals surface area contributed by atoms with Gasteiger partial charge in [-0.2, -0.15) is 5.10 Å². The lowest BCUT2D eigenvalue weighted by atomic mass is 9.99. The van der Waals surface area contributed by atoms with Crippen molar-refractivity contribution in [2.75, 3.05) is 18.0 Å². The molecule has 1 aromatic heterocycles. The summed E-state index contributed by atoms with van der Waals surface area (Å²) in [7, 11) is 0. The SMILES string of the molecule is CCCn1nc(C)c([N+](=O)[O-])c1N1C[C@@H](C)[C@H](C(=O)O)C1. The Kier molecular flexibility index (Phi) is 4.15. The number of nitro groups is 1. The Hall–Kier alpha value is -2.12. The van der Waals surface area contributed by atoms with Crippen LogP contribution in [-0.2, 0) is 11.3 Å². The molecule has 8 heteroatoms. The Bertz CT molecular complexity index is 569. The highest BCUT2D eigenvalue weighted by Gasteiger charge is 2.39. The van der Waals surface area contributed by atoms with Gasteiger partial charge in [-0.15, -0.1) is 0 Å². The first-order valence-corrected chi connectivity index (χ1v) is 7.06. The van der Waals surface area contributed by atoms with E-state index in [-0.39, 0.29) is 18.2 Å². The van der Waals surface area contributed by atoms with Crippen molar-refractivity contribution >= 4 is 17.5 Å². The Labute approximate surface area is 122 Å². The summed E-state index contributed by atoms with van der Waals surface area (Å²) in [6.07, 6.45) is 0.803. The predicted molar refractivity (Wildman–Crippen MR) is 76.4 cm³/mol. The quantitative estimate of drug-likeness (QED) is 0.655. The number of carboxylic acid groups (broad SMARTS) is 1. The van der Waals surface area contributed by atoms with Gasteiger partial charge in [0.1, 0.15) is 5.69 Å². The summed E-state index contributed by atoms with van der Waals surface area (Å²) in [4.78, 5) is 23.9. The molecule has 2 rings (SSSR count). The molecule has 8 nitrogen and oxygen atoms in total. The maximum absolute atomic E-state index is 11.3. The van der Waals surface area contributed by atoms with Gasteiger partial charge in [0.15, 0.2) is 0 Å². The molecule has 1 aromatic rings. The predicted octanol–water partition coefficient (Wildman–Crippen LogP) is 1.67. The van der Waals surface area contributed by atoms with Crippen LogP contribution in [0.15, 0.2) is 0 Å². The molecule has 2 atom stereocenters. The van der Waals surface area contributed by atoms with Crippen LogP contribution in [0.5, 0.6) is 0 Å². The lowest BCUT2D eigenvalue weighted by Gasteiger charge is -2.18. The summed E-state index contributed by atoms with van der Waals surface area (Å²) in [5.41, 5.74) is 0.358. The Morgan fingerprint density at radius 1 is 1.52 bits per heavy atom. The van der Waals surface area contributed by atoms with Crippen molar-refractivity contribution in [1.29, 1.82) is 0 Å². The van der Waals surface area contributed by atoms with Gasteiger partial charge < -0.3 is 10.0 Å². The lowest BCUT2D eigenvalue weighted by molar-refractivity contribution is -0.384. The van der Waals surface area contributed by atoms with Crippen molar-refractivity contribution < 1.29 is 14.8 Å². The van der Waals surface area contributed by atoms with E-state index in [2.05, 4.69) is 5.10 Å². The minimum Gasteiger partial charge on any atom is -0.481 e. The van der Waals surface area contributed by atoms with Gasteiger partial charge in [-0.05, 0) is 19.3 Å². The first-order valence-electron chi connectivity index (χ1n) is 7.06. The van der Waals surface area contributed by atoms with Crippen molar-refractivity contribution in [2.24, 2.45) is 11.8 Å². The van der Waals surface area contributed by atoms with Crippen LogP contribution < -0.4 is 4.90 Å². The average Bonchev–Trinajstić information content (AvgIpc) is 2.90. The van der Waals surface area contributed by atoms with Crippen LogP contribution in [0, 0.1) is 28.9 Å². The lowest BCUT2D eigenvalue weighted by Crippen LogP contribution is -2.26. The summed E-state index contributed by atoms with van der Waals surface area (Å²) < 4.78 is 1.63. The molecule has 0 aromatic carbocycles. The fourth-order valence-corrected chi connectivity index (χ4v) is 2.92. The molecule has 0 amide bonds.